The Morgan fingerprint density at radius 1 is 1.10 bits per heavy atom. The zero-order valence-electron chi connectivity index (χ0n) is 17.6. The van der Waals surface area contributed by atoms with Crippen LogP contribution in [0.2, 0.25) is 0 Å². The predicted molar refractivity (Wildman–Crippen MR) is 113 cm³/mol. The van der Waals surface area contributed by atoms with Crippen LogP contribution in [0.1, 0.15) is 43.6 Å². The van der Waals surface area contributed by atoms with Crippen molar-refractivity contribution in [1.29, 1.82) is 0 Å². The average molecular weight is 397 g/mol. The molecule has 0 spiro atoms. The number of fused-ring (bicyclic) bond motifs is 1. The highest BCUT2D eigenvalue weighted by Gasteiger charge is 2.26. The van der Waals surface area contributed by atoms with Crippen molar-refractivity contribution in [2.24, 2.45) is 0 Å². The minimum absolute atomic E-state index is 0.0710. The lowest BCUT2D eigenvalue weighted by Crippen LogP contribution is -2.51. The molecule has 1 atom stereocenters. The minimum atomic E-state index is -0.464. The Balaban J connectivity index is 1.26. The fraction of sp³-hybridized carbons (Fsp3) is 0.565. The maximum absolute atomic E-state index is 12.8. The number of benzene rings is 1. The fourth-order valence-electron chi connectivity index (χ4n) is 4.23. The number of carbonyl (C=O) groups excluding carboxylic acids is 1. The molecule has 1 fully saturated rings. The molecule has 6 nitrogen and oxygen atoms in total. The third-order valence-electron chi connectivity index (χ3n) is 6.03. The lowest BCUT2D eigenvalue weighted by atomic mass is 10.1. The quantitative estimate of drug-likeness (QED) is 0.753. The average Bonchev–Trinajstić information content (AvgIpc) is 3.16. The highest BCUT2D eigenvalue weighted by Crippen LogP contribution is 2.18. The van der Waals surface area contributed by atoms with Gasteiger partial charge in [-0.3, -0.25) is 14.4 Å². The van der Waals surface area contributed by atoms with E-state index in [0.29, 0.717) is 0 Å². The van der Waals surface area contributed by atoms with Gasteiger partial charge in [-0.2, -0.15) is 5.10 Å². The fourth-order valence-corrected chi connectivity index (χ4v) is 4.23. The van der Waals surface area contributed by atoms with E-state index in [4.69, 9.17) is 9.84 Å². The van der Waals surface area contributed by atoms with E-state index < -0.39 is 6.10 Å². The molecule has 3 heterocycles. The molecule has 1 aromatic carbocycles. The van der Waals surface area contributed by atoms with Crippen molar-refractivity contribution in [3.63, 3.8) is 0 Å². The monoisotopic (exact) mass is 396 g/mol. The van der Waals surface area contributed by atoms with Crippen molar-refractivity contribution >= 4 is 5.91 Å². The van der Waals surface area contributed by atoms with Crippen molar-refractivity contribution in [2.45, 2.75) is 58.7 Å². The molecule has 0 radical (unpaired) electrons. The van der Waals surface area contributed by atoms with Gasteiger partial charge in [-0.1, -0.05) is 19.1 Å². The lowest BCUT2D eigenvalue weighted by molar-refractivity contribution is -0.139. The summed E-state index contributed by atoms with van der Waals surface area (Å²) in [6.07, 6.45) is 4.19. The van der Waals surface area contributed by atoms with E-state index in [0.717, 1.165) is 63.6 Å². The molecule has 0 N–H and O–H groups in total. The number of nitrogens with zero attached hydrogens (tertiary/aromatic N) is 4. The number of ether oxygens (including phenoxy) is 1. The van der Waals surface area contributed by atoms with Crippen LogP contribution in [0.15, 0.2) is 30.3 Å². The number of piperazine rings is 1. The topological polar surface area (TPSA) is 50.6 Å². The first-order valence-corrected chi connectivity index (χ1v) is 10.9. The van der Waals surface area contributed by atoms with E-state index in [9.17, 15) is 4.79 Å². The summed E-state index contributed by atoms with van der Waals surface area (Å²) in [5.74, 6) is 0.826. The molecule has 6 heteroatoms. The first kappa shape index (κ1) is 20.0. The maximum atomic E-state index is 12.8. The Hall–Kier alpha value is -2.34. The van der Waals surface area contributed by atoms with Gasteiger partial charge in [0.15, 0.2) is 6.10 Å². The normalized spacial score (nSPS) is 18.3. The summed E-state index contributed by atoms with van der Waals surface area (Å²) in [4.78, 5) is 17.1. The van der Waals surface area contributed by atoms with Crippen molar-refractivity contribution in [3.05, 3.63) is 47.3 Å². The second-order valence-electron chi connectivity index (χ2n) is 8.17. The van der Waals surface area contributed by atoms with Crippen LogP contribution in [-0.2, 0) is 30.7 Å². The molecule has 1 amide bonds. The summed E-state index contributed by atoms with van der Waals surface area (Å²) >= 11 is 0. The lowest BCUT2D eigenvalue weighted by Gasteiger charge is -2.35. The predicted octanol–water partition coefficient (Wildman–Crippen LogP) is 2.89. The van der Waals surface area contributed by atoms with Gasteiger partial charge >= 0.3 is 0 Å². The van der Waals surface area contributed by atoms with Crippen molar-refractivity contribution in [1.82, 2.24) is 19.6 Å². The number of amides is 1. The van der Waals surface area contributed by atoms with E-state index in [1.807, 2.05) is 24.0 Å². The number of aromatic nitrogens is 2. The first-order chi connectivity index (χ1) is 14.1. The summed E-state index contributed by atoms with van der Waals surface area (Å²) in [6, 6.07) is 10.3. The number of hydrogen-bond donors (Lipinski definition) is 0. The Labute approximate surface area is 173 Å². The van der Waals surface area contributed by atoms with Gasteiger partial charge in [0.1, 0.15) is 5.75 Å². The van der Waals surface area contributed by atoms with Crippen LogP contribution in [0.3, 0.4) is 0 Å². The number of carbonyl (C=O) groups is 1. The van der Waals surface area contributed by atoms with E-state index in [1.165, 1.54) is 24.1 Å². The SMILES string of the molecule is CCc1ccc(OC(C)C(=O)N2CCN(Cc3cc4n(n3)CCCC4)CC2)cc1. The smallest absolute Gasteiger partial charge is 0.263 e. The van der Waals surface area contributed by atoms with Crippen molar-refractivity contribution in [2.75, 3.05) is 26.2 Å². The summed E-state index contributed by atoms with van der Waals surface area (Å²) in [7, 11) is 0. The number of rotatable bonds is 6. The molecule has 29 heavy (non-hydrogen) atoms. The third-order valence-corrected chi connectivity index (χ3v) is 6.03. The van der Waals surface area contributed by atoms with Gasteiger partial charge in [0, 0.05) is 45.0 Å². The summed E-state index contributed by atoms with van der Waals surface area (Å²) in [5.41, 5.74) is 3.80. The standard InChI is InChI=1S/C23H32N4O2/c1-3-19-7-9-22(10-8-19)29-18(2)23(28)26-14-12-25(13-15-26)17-20-16-21-6-4-5-11-27(21)24-20/h7-10,16,18H,3-6,11-15,17H2,1-2H3. The zero-order chi connectivity index (χ0) is 20.2. The molecule has 1 saturated heterocycles. The molecule has 2 aliphatic heterocycles. The van der Waals surface area contributed by atoms with Gasteiger partial charge in [0.05, 0.1) is 5.69 Å². The van der Waals surface area contributed by atoms with Crippen LogP contribution < -0.4 is 4.74 Å². The van der Waals surface area contributed by atoms with Gasteiger partial charge < -0.3 is 9.64 Å². The van der Waals surface area contributed by atoms with E-state index in [2.05, 4.69) is 34.7 Å². The van der Waals surface area contributed by atoms with Crippen LogP contribution in [-0.4, -0.2) is 57.8 Å². The van der Waals surface area contributed by atoms with Crippen LogP contribution in [0.5, 0.6) is 5.75 Å². The van der Waals surface area contributed by atoms with Gasteiger partial charge in [0.25, 0.3) is 5.91 Å². The molecule has 0 saturated carbocycles. The summed E-state index contributed by atoms with van der Waals surface area (Å²) < 4.78 is 8.05. The van der Waals surface area contributed by atoms with E-state index in [-0.39, 0.29) is 5.91 Å². The Kier molecular flexibility index (Phi) is 6.19. The van der Waals surface area contributed by atoms with E-state index >= 15 is 0 Å². The molecule has 0 aliphatic carbocycles. The number of aryl methyl sites for hydroxylation is 3. The second-order valence-corrected chi connectivity index (χ2v) is 8.17. The molecule has 1 unspecified atom stereocenters. The molecule has 2 aliphatic rings. The van der Waals surface area contributed by atoms with Crippen LogP contribution in [0.25, 0.3) is 0 Å². The largest absolute Gasteiger partial charge is 0.481 e. The van der Waals surface area contributed by atoms with Crippen molar-refractivity contribution in [3.8, 4) is 5.75 Å². The van der Waals surface area contributed by atoms with Crippen LogP contribution in [0, 0.1) is 0 Å². The number of hydrogen-bond acceptors (Lipinski definition) is 4. The van der Waals surface area contributed by atoms with Crippen molar-refractivity contribution < 1.29 is 9.53 Å². The molecule has 156 valence electrons. The molecule has 4 rings (SSSR count). The first-order valence-electron chi connectivity index (χ1n) is 10.9. The Bertz CT molecular complexity index is 798. The third kappa shape index (κ3) is 4.81. The zero-order valence-corrected chi connectivity index (χ0v) is 17.6. The highest BCUT2D eigenvalue weighted by molar-refractivity contribution is 5.81. The van der Waals surface area contributed by atoms with E-state index in [1.54, 1.807) is 0 Å². The van der Waals surface area contributed by atoms with Crippen LogP contribution in [0.4, 0.5) is 0 Å². The molecule has 2 aromatic rings. The summed E-state index contributed by atoms with van der Waals surface area (Å²) in [5, 5.41) is 4.76. The van der Waals surface area contributed by atoms with Gasteiger partial charge in [0.2, 0.25) is 0 Å². The minimum Gasteiger partial charge on any atom is -0.481 e. The Morgan fingerprint density at radius 2 is 1.86 bits per heavy atom. The van der Waals surface area contributed by atoms with Gasteiger partial charge in [-0.15, -0.1) is 0 Å². The Morgan fingerprint density at radius 3 is 2.55 bits per heavy atom. The second kappa shape index (κ2) is 8.99. The van der Waals surface area contributed by atoms with Crippen LogP contribution >= 0.6 is 0 Å². The molecular formula is C23H32N4O2. The maximum Gasteiger partial charge on any atom is 0.263 e. The molecular weight excluding hydrogens is 364 g/mol. The van der Waals surface area contributed by atoms with Gasteiger partial charge in [-0.05, 0) is 56.4 Å². The summed E-state index contributed by atoms with van der Waals surface area (Å²) in [6.45, 7) is 9.15. The highest BCUT2D eigenvalue weighted by atomic mass is 16.5. The molecule has 1 aromatic heterocycles. The molecule has 0 bridgehead atoms. The van der Waals surface area contributed by atoms with Gasteiger partial charge in [-0.25, -0.2) is 0 Å².